The van der Waals surface area contributed by atoms with E-state index in [2.05, 4.69) is 4.98 Å². The Hall–Kier alpha value is -1.59. The number of benzene rings is 1. The maximum absolute atomic E-state index is 10.7. The second kappa shape index (κ2) is 6.91. The number of halogens is 1. The van der Waals surface area contributed by atoms with Crippen molar-refractivity contribution in [2.24, 2.45) is 0 Å². The van der Waals surface area contributed by atoms with E-state index in [1.165, 1.54) is 0 Å². The molecule has 1 aromatic heterocycles. The predicted molar refractivity (Wildman–Crippen MR) is 83.6 cm³/mol. The van der Waals surface area contributed by atoms with Crippen LogP contribution in [0.25, 0.3) is 0 Å². The average Bonchev–Trinajstić information content (AvgIpc) is 2.77. The van der Waals surface area contributed by atoms with Crippen LogP contribution >= 0.6 is 22.9 Å². The summed E-state index contributed by atoms with van der Waals surface area (Å²) in [6, 6.07) is 5.49. The molecule has 2 rings (SSSR count). The summed E-state index contributed by atoms with van der Waals surface area (Å²) in [6.07, 6.45) is 1.27. The summed E-state index contributed by atoms with van der Waals surface area (Å²) in [4.78, 5) is 16.2. The minimum absolute atomic E-state index is 0.128. The van der Waals surface area contributed by atoms with E-state index in [4.69, 9.17) is 21.4 Å². The van der Waals surface area contributed by atoms with Gasteiger partial charge in [-0.2, -0.15) is 0 Å². The van der Waals surface area contributed by atoms with Gasteiger partial charge in [-0.3, -0.25) is 4.79 Å². The van der Waals surface area contributed by atoms with Crippen LogP contribution in [0.3, 0.4) is 0 Å². The normalized spacial score (nSPS) is 10.6. The molecular formula is C15H16ClNO3S. The molecule has 0 radical (unpaired) electrons. The van der Waals surface area contributed by atoms with Crippen molar-refractivity contribution in [1.29, 1.82) is 0 Å². The van der Waals surface area contributed by atoms with Gasteiger partial charge in [-0.1, -0.05) is 11.6 Å². The topological polar surface area (TPSA) is 59.4 Å². The first-order valence-corrected chi connectivity index (χ1v) is 7.68. The van der Waals surface area contributed by atoms with Crippen molar-refractivity contribution in [2.75, 3.05) is 7.11 Å². The van der Waals surface area contributed by atoms with Gasteiger partial charge in [0.25, 0.3) is 0 Å². The number of carboxylic acids is 1. The molecule has 1 heterocycles. The summed E-state index contributed by atoms with van der Waals surface area (Å²) < 4.78 is 5.33. The lowest BCUT2D eigenvalue weighted by atomic mass is 10.1. The smallest absolute Gasteiger partial charge is 0.303 e. The Balaban J connectivity index is 2.18. The summed E-state index contributed by atoms with van der Waals surface area (Å²) in [6.45, 7) is 1.91. The van der Waals surface area contributed by atoms with Gasteiger partial charge in [0, 0.05) is 21.9 Å². The molecule has 1 N–H and O–H groups in total. The molecule has 21 heavy (non-hydrogen) atoms. The van der Waals surface area contributed by atoms with Crippen LogP contribution in [0.2, 0.25) is 5.02 Å². The first kappa shape index (κ1) is 15.8. The molecule has 4 nitrogen and oxygen atoms in total. The second-order valence-corrected chi connectivity index (χ2v) is 6.25. The fourth-order valence-corrected chi connectivity index (χ4v) is 3.35. The lowest BCUT2D eigenvalue weighted by Gasteiger charge is -2.07. The minimum atomic E-state index is -0.791. The first-order valence-electron chi connectivity index (χ1n) is 6.49. The molecule has 2 aromatic rings. The Kier molecular flexibility index (Phi) is 5.20. The van der Waals surface area contributed by atoms with Crippen LogP contribution in [-0.4, -0.2) is 23.2 Å². The molecule has 0 unspecified atom stereocenters. The number of carboxylic acid groups (broad SMARTS) is 1. The molecule has 0 atom stereocenters. The third-order valence-electron chi connectivity index (χ3n) is 3.09. The molecule has 0 saturated carbocycles. The van der Waals surface area contributed by atoms with Crippen LogP contribution in [0, 0.1) is 6.92 Å². The summed E-state index contributed by atoms with van der Waals surface area (Å²) in [5, 5.41) is 10.4. The van der Waals surface area contributed by atoms with Crippen LogP contribution < -0.4 is 4.74 Å². The number of thiazole rings is 1. The third-order valence-corrected chi connectivity index (χ3v) is 4.54. The van der Waals surface area contributed by atoms with E-state index in [-0.39, 0.29) is 6.42 Å². The number of aryl methyl sites for hydroxylation is 2. The molecule has 0 aliphatic heterocycles. The van der Waals surface area contributed by atoms with Crippen molar-refractivity contribution >= 4 is 28.9 Å². The monoisotopic (exact) mass is 325 g/mol. The molecule has 6 heteroatoms. The van der Waals surface area contributed by atoms with Crippen LogP contribution in [0.4, 0.5) is 0 Å². The Labute approximate surface area is 132 Å². The molecule has 0 spiro atoms. The Morgan fingerprint density at radius 2 is 2.24 bits per heavy atom. The molecular weight excluding hydrogens is 310 g/mol. The van der Waals surface area contributed by atoms with Gasteiger partial charge in [0.2, 0.25) is 0 Å². The number of nitrogens with zero attached hydrogens (tertiary/aromatic N) is 1. The van der Waals surface area contributed by atoms with Crippen molar-refractivity contribution in [3.63, 3.8) is 0 Å². The van der Waals surface area contributed by atoms with Gasteiger partial charge in [-0.25, -0.2) is 4.98 Å². The van der Waals surface area contributed by atoms with E-state index in [9.17, 15) is 4.79 Å². The molecule has 0 amide bonds. The van der Waals surface area contributed by atoms with Gasteiger partial charge in [-0.15, -0.1) is 11.3 Å². The summed E-state index contributed by atoms with van der Waals surface area (Å²) in [7, 11) is 1.62. The number of carbonyl (C=O) groups is 1. The van der Waals surface area contributed by atoms with Gasteiger partial charge in [0.15, 0.2) is 0 Å². The van der Waals surface area contributed by atoms with Crippen molar-refractivity contribution in [3.05, 3.63) is 44.4 Å². The summed E-state index contributed by atoms with van der Waals surface area (Å²) >= 11 is 7.57. The highest BCUT2D eigenvalue weighted by Gasteiger charge is 2.12. The standard InChI is InChI=1S/C15H16ClNO3S/c1-9-13(5-6-15(18)19)21-14(17-9)8-10-7-11(16)3-4-12(10)20-2/h3-4,7H,5-6,8H2,1-2H3,(H,18,19). The van der Waals surface area contributed by atoms with Crippen molar-refractivity contribution in [3.8, 4) is 5.75 Å². The second-order valence-electron chi connectivity index (χ2n) is 4.64. The molecule has 1 aromatic carbocycles. The number of hydrogen-bond acceptors (Lipinski definition) is 4. The van der Waals surface area contributed by atoms with Gasteiger partial charge in [-0.05, 0) is 31.5 Å². The maximum atomic E-state index is 10.7. The molecule has 0 fully saturated rings. The quantitative estimate of drug-likeness (QED) is 0.879. The van der Waals surface area contributed by atoms with Gasteiger partial charge < -0.3 is 9.84 Å². The third kappa shape index (κ3) is 4.19. The molecule has 0 bridgehead atoms. The van der Waals surface area contributed by atoms with Crippen LogP contribution in [0.1, 0.15) is 27.6 Å². The zero-order valence-electron chi connectivity index (χ0n) is 11.9. The summed E-state index contributed by atoms with van der Waals surface area (Å²) in [5.41, 5.74) is 1.88. The highest BCUT2D eigenvalue weighted by atomic mass is 35.5. The number of aromatic nitrogens is 1. The van der Waals surface area contributed by atoms with E-state index in [0.29, 0.717) is 17.9 Å². The van der Waals surface area contributed by atoms with E-state index in [1.54, 1.807) is 24.5 Å². The SMILES string of the molecule is COc1ccc(Cl)cc1Cc1nc(C)c(CCC(=O)O)s1. The lowest BCUT2D eigenvalue weighted by Crippen LogP contribution is -1.96. The predicted octanol–water partition coefficient (Wildman–Crippen LogP) is 3.72. The lowest BCUT2D eigenvalue weighted by molar-refractivity contribution is -0.136. The Bertz CT molecular complexity index is 654. The molecule has 0 saturated heterocycles. The van der Waals surface area contributed by atoms with Crippen molar-refractivity contribution in [1.82, 2.24) is 4.98 Å². The number of aliphatic carboxylic acids is 1. The average molecular weight is 326 g/mol. The van der Waals surface area contributed by atoms with Crippen LogP contribution in [-0.2, 0) is 17.6 Å². The van der Waals surface area contributed by atoms with Crippen molar-refractivity contribution < 1.29 is 14.6 Å². The van der Waals surface area contributed by atoms with E-state index < -0.39 is 5.97 Å². The highest BCUT2D eigenvalue weighted by Crippen LogP contribution is 2.28. The van der Waals surface area contributed by atoms with E-state index >= 15 is 0 Å². The van der Waals surface area contributed by atoms with Gasteiger partial charge in [0.1, 0.15) is 5.75 Å². The minimum Gasteiger partial charge on any atom is -0.496 e. The largest absolute Gasteiger partial charge is 0.496 e. The summed E-state index contributed by atoms with van der Waals surface area (Å²) in [5.74, 6) is -0.0137. The fourth-order valence-electron chi connectivity index (χ4n) is 2.06. The number of methoxy groups -OCH3 is 1. The number of ether oxygens (including phenoxy) is 1. The zero-order valence-corrected chi connectivity index (χ0v) is 13.4. The van der Waals surface area contributed by atoms with Crippen LogP contribution in [0.15, 0.2) is 18.2 Å². The number of rotatable bonds is 6. The number of hydrogen-bond donors (Lipinski definition) is 1. The van der Waals surface area contributed by atoms with E-state index in [0.717, 1.165) is 26.9 Å². The molecule has 112 valence electrons. The Morgan fingerprint density at radius 1 is 1.48 bits per heavy atom. The first-order chi connectivity index (χ1) is 9.99. The van der Waals surface area contributed by atoms with Gasteiger partial charge >= 0.3 is 5.97 Å². The fraction of sp³-hybridized carbons (Fsp3) is 0.333. The van der Waals surface area contributed by atoms with Gasteiger partial charge in [0.05, 0.1) is 24.2 Å². The zero-order chi connectivity index (χ0) is 15.4. The van der Waals surface area contributed by atoms with Crippen molar-refractivity contribution in [2.45, 2.75) is 26.2 Å². The van der Waals surface area contributed by atoms with Crippen LogP contribution in [0.5, 0.6) is 5.75 Å². The highest BCUT2D eigenvalue weighted by molar-refractivity contribution is 7.11. The Morgan fingerprint density at radius 3 is 2.90 bits per heavy atom. The molecule has 0 aliphatic rings. The van der Waals surface area contributed by atoms with E-state index in [1.807, 2.05) is 19.1 Å². The molecule has 0 aliphatic carbocycles. The maximum Gasteiger partial charge on any atom is 0.303 e.